The van der Waals surface area contributed by atoms with Crippen LogP contribution in [0.1, 0.15) is 41.5 Å². The molecule has 0 radical (unpaired) electrons. The minimum absolute atomic E-state index is 0.0265. The Balaban J connectivity index is 4.53. The number of primary sulfonamides is 1. The van der Waals surface area contributed by atoms with Crippen LogP contribution < -0.4 is 5.14 Å². The van der Waals surface area contributed by atoms with E-state index in [0.717, 1.165) is 0 Å². The SMILES string of the molecule is CC(C)C(C)OCC(CS(N)(=O)=O)C(C)(C)C. The molecular formula is C12H27NO3S. The Hall–Kier alpha value is -0.130. The third-order valence-electron chi connectivity index (χ3n) is 3.16. The molecule has 17 heavy (non-hydrogen) atoms. The maximum Gasteiger partial charge on any atom is 0.209 e. The topological polar surface area (TPSA) is 69.4 Å². The molecule has 2 unspecified atom stereocenters. The quantitative estimate of drug-likeness (QED) is 0.798. The van der Waals surface area contributed by atoms with Crippen LogP contribution in [0.25, 0.3) is 0 Å². The van der Waals surface area contributed by atoms with E-state index < -0.39 is 10.0 Å². The predicted molar refractivity (Wildman–Crippen MR) is 71.2 cm³/mol. The molecule has 0 spiro atoms. The van der Waals surface area contributed by atoms with E-state index >= 15 is 0 Å². The van der Waals surface area contributed by atoms with Gasteiger partial charge in [0.15, 0.2) is 0 Å². The van der Waals surface area contributed by atoms with Crippen LogP contribution in [-0.4, -0.2) is 26.9 Å². The van der Waals surface area contributed by atoms with Crippen molar-refractivity contribution in [1.82, 2.24) is 0 Å². The number of hydrogen-bond donors (Lipinski definition) is 1. The van der Waals surface area contributed by atoms with Gasteiger partial charge in [-0.1, -0.05) is 34.6 Å². The van der Waals surface area contributed by atoms with Gasteiger partial charge >= 0.3 is 0 Å². The van der Waals surface area contributed by atoms with E-state index in [1.165, 1.54) is 0 Å². The zero-order valence-corrected chi connectivity index (χ0v) is 12.7. The molecule has 0 amide bonds. The molecule has 0 aromatic heterocycles. The first-order valence-electron chi connectivity index (χ1n) is 6.05. The normalized spacial score (nSPS) is 17.2. The number of rotatable bonds is 6. The van der Waals surface area contributed by atoms with Crippen LogP contribution in [0.15, 0.2) is 0 Å². The molecule has 4 nitrogen and oxygen atoms in total. The van der Waals surface area contributed by atoms with E-state index in [4.69, 9.17) is 9.88 Å². The minimum atomic E-state index is -3.45. The van der Waals surface area contributed by atoms with Crippen molar-refractivity contribution in [3.63, 3.8) is 0 Å². The zero-order valence-electron chi connectivity index (χ0n) is 11.9. The van der Waals surface area contributed by atoms with Gasteiger partial charge in [0.2, 0.25) is 10.0 Å². The molecule has 2 atom stereocenters. The summed E-state index contributed by atoms with van der Waals surface area (Å²) < 4.78 is 28.1. The predicted octanol–water partition coefficient (Wildman–Crippen LogP) is 2.00. The minimum Gasteiger partial charge on any atom is -0.378 e. The third kappa shape index (κ3) is 7.73. The average molecular weight is 265 g/mol. The second-order valence-electron chi connectivity index (χ2n) is 6.17. The first-order chi connectivity index (χ1) is 7.43. The molecule has 0 heterocycles. The summed E-state index contributed by atoms with van der Waals surface area (Å²) in [7, 11) is -3.45. The van der Waals surface area contributed by atoms with E-state index in [9.17, 15) is 8.42 Å². The second-order valence-corrected chi connectivity index (χ2v) is 7.83. The fourth-order valence-corrected chi connectivity index (χ4v) is 2.45. The van der Waals surface area contributed by atoms with Crippen LogP contribution in [0.3, 0.4) is 0 Å². The third-order valence-corrected chi connectivity index (χ3v) is 4.02. The first-order valence-corrected chi connectivity index (χ1v) is 7.77. The van der Waals surface area contributed by atoms with Gasteiger partial charge in [0, 0.05) is 5.92 Å². The maximum atomic E-state index is 11.2. The second kappa shape index (κ2) is 6.16. The molecule has 2 N–H and O–H groups in total. The average Bonchev–Trinajstić information content (AvgIpc) is 2.07. The first kappa shape index (κ1) is 16.9. The van der Waals surface area contributed by atoms with Crippen LogP contribution in [0.5, 0.6) is 0 Å². The molecular weight excluding hydrogens is 238 g/mol. The van der Waals surface area contributed by atoms with Gasteiger partial charge in [0.1, 0.15) is 0 Å². The summed E-state index contributed by atoms with van der Waals surface area (Å²) in [5.74, 6) is 0.310. The van der Waals surface area contributed by atoms with E-state index in [1.807, 2.05) is 27.7 Å². The van der Waals surface area contributed by atoms with Crippen molar-refractivity contribution >= 4 is 10.0 Å². The molecule has 0 aromatic rings. The lowest BCUT2D eigenvalue weighted by molar-refractivity contribution is -0.00412. The van der Waals surface area contributed by atoms with E-state index in [2.05, 4.69) is 13.8 Å². The molecule has 0 aliphatic heterocycles. The van der Waals surface area contributed by atoms with Gasteiger partial charge in [-0.15, -0.1) is 0 Å². The summed E-state index contributed by atoms with van der Waals surface area (Å²) in [5, 5.41) is 5.12. The Labute approximate surface area is 106 Å². The molecule has 104 valence electrons. The highest BCUT2D eigenvalue weighted by atomic mass is 32.2. The van der Waals surface area contributed by atoms with Crippen molar-refractivity contribution in [2.24, 2.45) is 22.4 Å². The van der Waals surface area contributed by atoms with Gasteiger partial charge < -0.3 is 4.74 Å². The molecule has 0 rings (SSSR count). The van der Waals surface area contributed by atoms with Crippen molar-refractivity contribution in [2.75, 3.05) is 12.4 Å². The highest BCUT2D eigenvalue weighted by Gasteiger charge is 2.29. The number of nitrogens with two attached hydrogens (primary N) is 1. The van der Waals surface area contributed by atoms with Crippen molar-refractivity contribution in [2.45, 2.75) is 47.6 Å². The lowest BCUT2D eigenvalue weighted by atomic mass is 9.82. The fourth-order valence-electron chi connectivity index (χ4n) is 1.29. The monoisotopic (exact) mass is 265 g/mol. The smallest absolute Gasteiger partial charge is 0.209 e. The van der Waals surface area contributed by atoms with Gasteiger partial charge in [-0.05, 0) is 18.3 Å². The van der Waals surface area contributed by atoms with Crippen molar-refractivity contribution in [1.29, 1.82) is 0 Å². The Morgan fingerprint density at radius 2 is 1.65 bits per heavy atom. The van der Waals surface area contributed by atoms with Gasteiger partial charge in [0.05, 0.1) is 18.5 Å². The van der Waals surface area contributed by atoms with Crippen LogP contribution in [-0.2, 0) is 14.8 Å². The molecule has 0 aromatic carbocycles. The van der Waals surface area contributed by atoms with Gasteiger partial charge in [-0.2, -0.15) is 0 Å². The van der Waals surface area contributed by atoms with Crippen LogP contribution in [0.2, 0.25) is 0 Å². The molecule has 5 heteroatoms. The van der Waals surface area contributed by atoms with Crippen LogP contribution in [0, 0.1) is 17.3 Å². The Kier molecular flexibility index (Phi) is 6.11. The summed E-state index contributed by atoms with van der Waals surface area (Å²) in [5.41, 5.74) is -0.136. The standard InChI is InChI=1S/C12H27NO3S/c1-9(2)10(3)16-7-11(12(4,5)6)8-17(13,14)15/h9-11H,7-8H2,1-6H3,(H2,13,14,15). The zero-order chi connectivity index (χ0) is 13.9. The molecule has 0 bridgehead atoms. The van der Waals surface area contributed by atoms with Crippen LogP contribution in [0.4, 0.5) is 0 Å². The van der Waals surface area contributed by atoms with Crippen molar-refractivity contribution in [3.05, 3.63) is 0 Å². The number of ether oxygens (including phenoxy) is 1. The fraction of sp³-hybridized carbons (Fsp3) is 1.00. The van der Waals surface area contributed by atoms with Crippen molar-refractivity contribution < 1.29 is 13.2 Å². The largest absolute Gasteiger partial charge is 0.378 e. The molecule has 0 aliphatic carbocycles. The van der Waals surface area contributed by atoms with Crippen molar-refractivity contribution in [3.8, 4) is 0 Å². The van der Waals surface area contributed by atoms with E-state index in [-0.39, 0.29) is 23.2 Å². The molecule has 0 saturated heterocycles. The summed E-state index contributed by atoms with van der Waals surface area (Å²) >= 11 is 0. The lowest BCUT2D eigenvalue weighted by Crippen LogP contribution is -2.36. The summed E-state index contributed by atoms with van der Waals surface area (Å²) in [6.07, 6.45) is 0.125. The van der Waals surface area contributed by atoms with Crippen LogP contribution >= 0.6 is 0 Å². The van der Waals surface area contributed by atoms with Gasteiger partial charge in [-0.3, -0.25) is 0 Å². The Morgan fingerprint density at radius 1 is 1.18 bits per heavy atom. The molecule has 0 fully saturated rings. The highest BCUT2D eigenvalue weighted by molar-refractivity contribution is 7.89. The van der Waals surface area contributed by atoms with E-state index in [0.29, 0.717) is 12.5 Å². The van der Waals surface area contributed by atoms with Gasteiger partial charge in [-0.25, -0.2) is 13.6 Å². The summed E-state index contributed by atoms with van der Waals surface area (Å²) in [6.45, 7) is 12.6. The summed E-state index contributed by atoms with van der Waals surface area (Å²) in [6, 6.07) is 0. The Morgan fingerprint density at radius 3 is 1.94 bits per heavy atom. The van der Waals surface area contributed by atoms with E-state index in [1.54, 1.807) is 0 Å². The maximum absolute atomic E-state index is 11.2. The Bertz CT molecular complexity index is 317. The summed E-state index contributed by atoms with van der Waals surface area (Å²) in [4.78, 5) is 0. The molecule has 0 aliphatic rings. The van der Waals surface area contributed by atoms with Gasteiger partial charge in [0.25, 0.3) is 0 Å². The highest BCUT2D eigenvalue weighted by Crippen LogP contribution is 2.27. The lowest BCUT2D eigenvalue weighted by Gasteiger charge is -2.31. The number of hydrogen-bond acceptors (Lipinski definition) is 3. The number of sulfonamides is 1. The molecule has 0 saturated carbocycles.